The largest absolute Gasteiger partial charge is 0.480 e. The van der Waals surface area contributed by atoms with E-state index in [-0.39, 0.29) is 12.8 Å². The molecule has 1 rings (SSSR count). The van der Waals surface area contributed by atoms with E-state index in [1.165, 1.54) is 0 Å². The van der Waals surface area contributed by atoms with E-state index in [4.69, 9.17) is 5.11 Å². The number of alkyl halides is 3. The molecule has 0 bridgehead atoms. The third kappa shape index (κ3) is 4.11. The molecule has 1 saturated carbocycles. The summed E-state index contributed by atoms with van der Waals surface area (Å²) >= 11 is 0. The molecule has 2 unspecified atom stereocenters. The van der Waals surface area contributed by atoms with E-state index in [0.29, 0.717) is 12.8 Å². The minimum Gasteiger partial charge on any atom is -0.480 e. The highest BCUT2D eigenvalue weighted by molar-refractivity contribution is 5.83. The lowest BCUT2D eigenvalue weighted by atomic mass is 9.78. The lowest BCUT2D eigenvalue weighted by molar-refractivity contribution is -0.201. The fourth-order valence-corrected chi connectivity index (χ4v) is 2.69. The third-order valence-corrected chi connectivity index (χ3v) is 3.72. The van der Waals surface area contributed by atoms with Gasteiger partial charge in [0.2, 0.25) is 5.91 Å². The summed E-state index contributed by atoms with van der Waals surface area (Å²) < 4.78 is 39.0. The topological polar surface area (TPSA) is 57.6 Å². The number of nitrogens with zero attached hydrogens (tertiary/aromatic N) is 1. The van der Waals surface area contributed by atoms with Crippen molar-refractivity contribution >= 4 is 11.9 Å². The maximum Gasteiger partial charge on any atom is 0.392 e. The molecule has 0 aliphatic heterocycles. The zero-order valence-corrected chi connectivity index (χ0v) is 11.6. The molecule has 0 radical (unpaired) electrons. The van der Waals surface area contributed by atoms with Crippen molar-refractivity contribution in [3.8, 4) is 0 Å². The van der Waals surface area contributed by atoms with Crippen LogP contribution < -0.4 is 0 Å². The number of carboxylic acid groups (broad SMARTS) is 1. The average Bonchev–Trinajstić information content (AvgIpc) is 2.33. The van der Waals surface area contributed by atoms with Crippen molar-refractivity contribution in [1.29, 1.82) is 0 Å². The molecule has 2 atom stereocenters. The highest BCUT2D eigenvalue weighted by atomic mass is 19.4. The van der Waals surface area contributed by atoms with Crippen molar-refractivity contribution in [1.82, 2.24) is 4.90 Å². The van der Waals surface area contributed by atoms with Crippen molar-refractivity contribution < 1.29 is 27.9 Å². The summed E-state index contributed by atoms with van der Waals surface area (Å²) in [5, 5.41) is 8.79. The summed E-state index contributed by atoms with van der Waals surface area (Å²) in [6.45, 7) is 2.65. The molecule has 0 aromatic carbocycles. The van der Waals surface area contributed by atoms with Crippen LogP contribution in [0.1, 0.15) is 39.5 Å². The Morgan fingerprint density at radius 2 is 1.80 bits per heavy atom. The third-order valence-electron chi connectivity index (χ3n) is 3.72. The summed E-state index contributed by atoms with van der Waals surface area (Å²) in [6, 6.07) is -0.436. The highest BCUT2D eigenvalue weighted by Gasteiger charge is 2.49. The van der Waals surface area contributed by atoms with E-state index in [1.54, 1.807) is 13.8 Å². The minimum atomic E-state index is -4.41. The van der Waals surface area contributed by atoms with Gasteiger partial charge in [0, 0.05) is 12.0 Å². The normalized spacial score (nSPS) is 23.7. The predicted octanol–water partition coefficient (Wildman–Crippen LogP) is 2.68. The standard InChI is InChI=1S/C13H20F3NO3/c1-8(2)17(7-11(18)19)12(20)9-5-3-4-6-10(9)13(14,15)16/h8-10H,3-7H2,1-2H3,(H,18,19). The van der Waals surface area contributed by atoms with E-state index in [1.807, 2.05) is 0 Å². The van der Waals surface area contributed by atoms with Crippen LogP contribution in [0.3, 0.4) is 0 Å². The minimum absolute atomic E-state index is 0.0566. The number of carbonyl (C=O) groups excluding carboxylic acids is 1. The Hall–Kier alpha value is -1.27. The number of aliphatic carboxylic acids is 1. The second kappa shape index (κ2) is 6.45. The predicted molar refractivity (Wildman–Crippen MR) is 66.0 cm³/mol. The summed E-state index contributed by atoms with van der Waals surface area (Å²) in [6.07, 6.45) is -3.27. The Bertz CT molecular complexity index is 368. The Balaban J connectivity index is 2.92. The quantitative estimate of drug-likeness (QED) is 0.867. The molecule has 0 spiro atoms. The first-order valence-corrected chi connectivity index (χ1v) is 6.73. The number of carboxylic acids is 1. The van der Waals surface area contributed by atoms with Gasteiger partial charge in [-0.3, -0.25) is 9.59 Å². The molecule has 0 heterocycles. The number of carbonyl (C=O) groups is 2. The molecule has 20 heavy (non-hydrogen) atoms. The van der Waals surface area contributed by atoms with Crippen molar-refractivity contribution in [3.63, 3.8) is 0 Å². The van der Waals surface area contributed by atoms with Crippen LogP contribution in [0.25, 0.3) is 0 Å². The number of rotatable bonds is 4. The maximum atomic E-state index is 13.0. The van der Waals surface area contributed by atoms with Gasteiger partial charge in [-0.1, -0.05) is 12.8 Å². The fourth-order valence-electron chi connectivity index (χ4n) is 2.69. The van der Waals surface area contributed by atoms with Gasteiger partial charge in [0.25, 0.3) is 0 Å². The smallest absolute Gasteiger partial charge is 0.392 e. The molecule has 1 aliphatic rings. The molecule has 0 aromatic rings. The van der Waals surface area contributed by atoms with Crippen LogP contribution in [0, 0.1) is 11.8 Å². The van der Waals surface area contributed by atoms with E-state index in [0.717, 1.165) is 4.90 Å². The zero-order chi connectivity index (χ0) is 15.5. The van der Waals surface area contributed by atoms with Crippen molar-refractivity contribution in [2.45, 2.75) is 51.7 Å². The van der Waals surface area contributed by atoms with Gasteiger partial charge < -0.3 is 10.0 Å². The van der Waals surface area contributed by atoms with Gasteiger partial charge in [-0.05, 0) is 26.7 Å². The second-order valence-electron chi connectivity index (χ2n) is 5.49. The van der Waals surface area contributed by atoms with Crippen LogP contribution in [0.4, 0.5) is 13.2 Å². The van der Waals surface area contributed by atoms with Crippen LogP contribution in [-0.4, -0.2) is 40.6 Å². The first-order valence-electron chi connectivity index (χ1n) is 6.73. The summed E-state index contributed by atoms with van der Waals surface area (Å²) in [5.74, 6) is -4.71. The summed E-state index contributed by atoms with van der Waals surface area (Å²) in [4.78, 5) is 24.1. The number of hydrogen-bond acceptors (Lipinski definition) is 2. The van der Waals surface area contributed by atoms with Crippen LogP contribution in [0.15, 0.2) is 0 Å². The van der Waals surface area contributed by atoms with Gasteiger partial charge in [-0.25, -0.2) is 0 Å². The molecule has 7 heteroatoms. The van der Waals surface area contributed by atoms with Crippen LogP contribution in [0.2, 0.25) is 0 Å². The molecule has 0 saturated heterocycles. The van der Waals surface area contributed by atoms with Crippen LogP contribution in [-0.2, 0) is 9.59 Å². The van der Waals surface area contributed by atoms with E-state index < -0.39 is 42.5 Å². The van der Waals surface area contributed by atoms with E-state index >= 15 is 0 Å². The molecule has 1 aliphatic carbocycles. The van der Waals surface area contributed by atoms with Crippen molar-refractivity contribution in [2.24, 2.45) is 11.8 Å². The van der Waals surface area contributed by atoms with Gasteiger partial charge in [0.15, 0.2) is 0 Å². The number of amides is 1. The first kappa shape index (κ1) is 16.8. The molecule has 1 N–H and O–H groups in total. The zero-order valence-electron chi connectivity index (χ0n) is 11.6. The molecule has 0 aromatic heterocycles. The second-order valence-corrected chi connectivity index (χ2v) is 5.49. The molecule has 116 valence electrons. The fraction of sp³-hybridized carbons (Fsp3) is 0.846. The van der Waals surface area contributed by atoms with Crippen molar-refractivity contribution in [2.75, 3.05) is 6.54 Å². The maximum absolute atomic E-state index is 13.0. The Morgan fingerprint density at radius 3 is 2.25 bits per heavy atom. The summed E-state index contributed by atoms with van der Waals surface area (Å²) in [7, 11) is 0. The Morgan fingerprint density at radius 1 is 1.25 bits per heavy atom. The molecule has 1 amide bonds. The molecule has 4 nitrogen and oxygen atoms in total. The van der Waals surface area contributed by atoms with E-state index in [9.17, 15) is 22.8 Å². The monoisotopic (exact) mass is 295 g/mol. The summed E-state index contributed by atoms with van der Waals surface area (Å²) in [5.41, 5.74) is 0. The molecular weight excluding hydrogens is 275 g/mol. The molecular formula is C13H20F3NO3. The van der Waals surface area contributed by atoms with Gasteiger partial charge in [0.1, 0.15) is 6.54 Å². The van der Waals surface area contributed by atoms with Gasteiger partial charge >= 0.3 is 12.1 Å². The molecule has 1 fully saturated rings. The van der Waals surface area contributed by atoms with Gasteiger partial charge in [-0.2, -0.15) is 13.2 Å². The Kier molecular flexibility index (Phi) is 5.42. The van der Waals surface area contributed by atoms with Crippen molar-refractivity contribution in [3.05, 3.63) is 0 Å². The van der Waals surface area contributed by atoms with Gasteiger partial charge in [-0.15, -0.1) is 0 Å². The number of halogens is 3. The average molecular weight is 295 g/mol. The first-order chi connectivity index (χ1) is 9.14. The lowest BCUT2D eigenvalue weighted by Gasteiger charge is -2.36. The number of hydrogen-bond donors (Lipinski definition) is 1. The van der Waals surface area contributed by atoms with Crippen LogP contribution >= 0.6 is 0 Å². The van der Waals surface area contributed by atoms with E-state index in [2.05, 4.69) is 0 Å². The van der Waals surface area contributed by atoms with Gasteiger partial charge in [0.05, 0.1) is 5.92 Å². The highest BCUT2D eigenvalue weighted by Crippen LogP contribution is 2.42. The van der Waals surface area contributed by atoms with Crippen LogP contribution in [0.5, 0.6) is 0 Å². The Labute approximate surface area is 115 Å². The lowest BCUT2D eigenvalue weighted by Crippen LogP contribution is -2.48. The SMILES string of the molecule is CC(C)N(CC(=O)O)C(=O)C1CCCCC1C(F)(F)F.